The lowest BCUT2D eigenvalue weighted by atomic mass is 9.95. The summed E-state index contributed by atoms with van der Waals surface area (Å²) in [7, 11) is -2.72. The summed E-state index contributed by atoms with van der Waals surface area (Å²) >= 11 is 0. The van der Waals surface area contributed by atoms with Gasteiger partial charge in [-0.2, -0.15) is 0 Å². The van der Waals surface area contributed by atoms with Crippen LogP contribution in [0.3, 0.4) is 0 Å². The van der Waals surface area contributed by atoms with Crippen molar-refractivity contribution in [2.75, 3.05) is 18.0 Å². The van der Waals surface area contributed by atoms with Crippen LogP contribution in [0.15, 0.2) is 77.7 Å². The molecular formula is C33H41N3O5S. The van der Waals surface area contributed by atoms with E-state index in [-0.39, 0.29) is 29.1 Å². The third kappa shape index (κ3) is 7.50. The molecule has 224 valence electrons. The van der Waals surface area contributed by atoms with Gasteiger partial charge >= 0.3 is 0 Å². The third-order valence-corrected chi connectivity index (χ3v) is 9.61. The minimum atomic E-state index is -4.17. The summed E-state index contributed by atoms with van der Waals surface area (Å²) in [5, 5.41) is 3.13. The van der Waals surface area contributed by atoms with Crippen LogP contribution in [-0.4, -0.2) is 50.9 Å². The van der Waals surface area contributed by atoms with Crippen molar-refractivity contribution in [1.29, 1.82) is 0 Å². The van der Waals surface area contributed by atoms with Gasteiger partial charge in [-0.3, -0.25) is 13.9 Å². The van der Waals surface area contributed by atoms with Crippen LogP contribution in [-0.2, 0) is 26.2 Å². The van der Waals surface area contributed by atoms with Crippen LogP contribution in [0.2, 0.25) is 0 Å². The van der Waals surface area contributed by atoms with Gasteiger partial charge in [0, 0.05) is 12.6 Å². The predicted octanol–water partition coefficient (Wildman–Crippen LogP) is 5.37. The molecule has 0 saturated heterocycles. The van der Waals surface area contributed by atoms with Crippen molar-refractivity contribution in [1.82, 2.24) is 10.2 Å². The van der Waals surface area contributed by atoms with Crippen molar-refractivity contribution in [3.8, 4) is 5.75 Å². The number of aryl methyl sites for hydroxylation is 2. The number of carbonyl (C=O) groups is 2. The van der Waals surface area contributed by atoms with E-state index in [1.807, 2.05) is 38.1 Å². The smallest absolute Gasteiger partial charge is 0.264 e. The largest absolute Gasteiger partial charge is 0.495 e. The predicted molar refractivity (Wildman–Crippen MR) is 165 cm³/mol. The summed E-state index contributed by atoms with van der Waals surface area (Å²) in [6, 6.07) is 20.2. The second-order valence-corrected chi connectivity index (χ2v) is 12.9. The Bertz CT molecular complexity index is 1470. The number of nitrogens with zero attached hydrogens (tertiary/aromatic N) is 2. The number of methoxy groups -OCH3 is 1. The maximum absolute atomic E-state index is 14.2. The van der Waals surface area contributed by atoms with Gasteiger partial charge in [-0.1, -0.05) is 78.9 Å². The Morgan fingerprint density at radius 1 is 0.905 bits per heavy atom. The topological polar surface area (TPSA) is 96.0 Å². The molecule has 0 spiro atoms. The molecule has 4 rings (SSSR count). The maximum Gasteiger partial charge on any atom is 0.264 e. The van der Waals surface area contributed by atoms with Crippen LogP contribution in [0.25, 0.3) is 0 Å². The first-order valence-electron chi connectivity index (χ1n) is 14.5. The molecular weight excluding hydrogens is 550 g/mol. The Morgan fingerprint density at radius 3 is 2.12 bits per heavy atom. The molecule has 0 unspecified atom stereocenters. The number of para-hydroxylation sites is 2. The number of carbonyl (C=O) groups excluding carboxylic acids is 2. The van der Waals surface area contributed by atoms with Gasteiger partial charge in [0.1, 0.15) is 18.3 Å². The molecule has 42 heavy (non-hydrogen) atoms. The SMILES string of the molecule is COc1ccccc1N(CC(=O)N(Cc1ccc(C)cc1)[C@H](C)C(=O)NC1CCCCC1)S(=O)(=O)c1ccc(C)cc1. The fourth-order valence-electron chi connectivity index (χ4n) is 5.23. The molecule has 9 heteroatoms. The maximum atomic E-state index is 14.2. The fraction of sp³-hybridized carbons (Fsp3) is 0.394. The second kappa shape index (κ2) is 13.9. The summed E-state index contributed by atoms with van der Waals surface area (Å²) in [5.41, 5.74) is 3.07. The van der Waals surface area contributed by atoms with Crippen molar-refractivity contribution < 1.29 is 22.7 Å². The molecule has 3 aromatic carbocycles. The van der Waals surface area contributed by atoms with Gasteiger partial charge in [-0.25, -0.2) is 8.42 Å². The second-order valence-electron chi connectivity index (χ2n) is 11.0. The lowest BCUT2D eigenvalue weighted by Crippen LogP contribution is -2.53. The van der Waals surface area contributed by atoms with Crippen LogP contribution in [0, 0.1) is 13.8 Å². The lowest BCUT2D eigenvalue weighted by Gasteiger charge is -2.33. The van der Waals surface area contributed by atoms with E-state index in [0.717, 1.165) is 53.1 Å². The van der Waals surface area contributed by atoms with Gasteiger partial charge in [0.2, 0.25) is 11.8 Å². The minimum absolute atomic E-state index is 0.0555. The van der Waals surface area contributed by atoms with Crippen LogP contribution < -0.4 is 14.4 Å². The summed E-state index contributed by atoms with van der Waals surface area (Å²) in [6.07, 6.45) is 5.13. The van der Waals surface area contributed by atoms with Crippen molar-refractivity contribution in [2.24, 2.45) is 0 Å². The molecule has 1 fully saturated rings. The highest BCUT2D eigenvalue weighted by Crippen LogP contribution is 2.32. The van der Waals surface area contributed by atoms with Crippen LogP contribution >= 0.6 is 0 Å². The van der Waals surface area contributed by atoms with E-state index in [9.17, 15) is 18.0 Å². The molecule has 2 amide bonds. The van der Waals surface area contributed by atoms with Crippen LogP contribution in [0.5, 0.6) is 5.75 Å². The Labute approximate surface area is 249 Å². The molecule has 1 aliphatic carbocycles. The molecule has 0 aromatic heterocycles. The zero-order valence-corrected chi connectivity index (χ0v) is 25.7. The van der Waals surface area contributed by atoms with Gasteiger partial charge in [0.15, 0.2) is 0 Å². The van der Waals surface area contributed by atoms with Crippen molar-refractivity contribution in [3.05, 3.63) is 89.5 Å². The zero-order valence-electron chi connectivity index (χ0n) is 24.9. The van der Waals surface area contributed by atoms with Gasteiger partial charge < -0.3 is 15.0 Å². The van der Waals surface area contributed by atoms with E-state index in [1.165, 1.54) is 24.1 Å². The number of ether oxygens (including phenoxy) is 1. The highest BCUT2D eigenvalue weighted by atomic mass is 32.2. The van der Waals surface area contributed by atoms with Gasteiger partial charge in [-0.05, 0) is 63.4 Å². The number of benzene rings is 3. The number of hydrogen-bond donors (Lipinski definition) is 1. The monoisotopic (exact) mass is 591 g/mol. The fourth-order valence-corrected chi connectivity index (χ4v) is 6.65. The highest BCUT2D eigenvalue weighted by Gasteiger charge is 2.34. The standard InChI is InChI=1S/C33H41N3O5S/c1-24-14-18-27(19-15-24)22-35(26(3)33(38)34-28-10-6-5-7-11-28)32(37)23-36(30-12-8-9-13-31(30)41-4)42(39,40)29-20-16-25(2)17-21-29/h8-9,12-21,26,28H,5-7,10-11,22-23H2,1-4H3,(H,34,38)/t26-/m1/s1. The summed E-state index contributed by atoms with van der Waals surface area (Å²) < 4.78 is 34.7. The Morgan fingerprint density at radius 2 is 1.50 bits per heavy atom. The average molecular weight is 592 g/mol. The number of sulfonamides is 1. The summed E-state index contributed by atoms with van der Waals surface area (Å²) in [4.78, 5) is 29.1. The van der Waals surface area contributed by atoms with Gasteiger partial charge in [0.05, 0.1) is 17.7 Å². The molecule has 1 N–H and O–H groups in total. The normalized spacial score (nSPS) is 14.6. The van der Waals surface area contributed by atoms with E-state index < -0.39 is 28.5 Å². The molecule has 3 aromatic rings. The van der Waals surface area contributed by atoms with Crippen molar-refractivity contribution in [2.45, 2.75) is 76.4 Å². The highest BCUT2D eigenvalue weighted by molar-refractivity contribution is 7.92. The number of hydrogen-bond acceptors (Lipinski definition) is 5. The van der Waals surface area contributed by atoms with Gasteiger partial charge in [0.25, 0.3) is 10.0 Å². The Hall–Kier alpha value is -3.85. The summed E-state index contributed by atoms with van der Waals surface area (Å²) in [6.45, 7) is 5.20. The number of rotatable bonds is 11. The Kier molecular flexibility index (Phi) is 10.3. The molecule has 0 aliphatic heterocycles. The summed E-state index contributed by atoms with van der Waals surface area (Å²) in [5.74, 6) is -0.426. The quantitative estimate of drug-likeness (QED) is 0.323. The van der Waals surface area contributed by atoms with E-state index in [4.69, 9.17) is 4.74 Å². The molecule has 1 atom stereocenters. The first-order valence-corrected chi connectivity index (χ1v) is 15.9. The molecule has 0 radical (unpaired) electrons. The van der Waals surface area contributed by atoms with Crippen molar-refractivity contribution in [3.63, 3.8) is 0 Å². The zero-order chi connectivity index (χ0) is 30.3. The molecule has 1 aliphatic rings. The molecule has 0 heterocycles. The van der Waals surface area contributed by atoms with Crippen LogP contribution in [0.1, 0.15) is 55.7 Å². The first kappa shape index (κ1) is 31.1. The van der Waals surface area contributed by atoms with Gasteiger partial charge in [-0.15, -0.1) is 0 Å². The van der Waals surface area contributed by atoms with E-state index >= 15 is 0 Å². The molecule has 8 nitrogen and oxygen atoms in total. The van der Waals surface area contributed by atoms with E-state index in [1.54, 1.807) is 43.3 Å². The first-order chi connectivity index (χ1) is 20.1. The molecule has 0 bridgehead atoms. The Balaban J connectivity index is 1.70. The number of anilines is 1. The van der Waals surface area contributed by atoms with E-state index in [2.05, 4.69) is 5.32 Å². The van der Waals surface area contributed by atoms with E-state index in [0.29, 0.717) is 5.75 Å². The van der Waals surface area contributed by atoms with Crippen molar-refractivity contribution >= 4 is 27.5 Å². The third-order valence-electron chi connectivity index (χ3n) is 7.83. The lowest BCUT2D eigenvalue weighted by molar-refractivity contribution is -0.139. The number of amides is 2. The number of nitrogens with one attached hydrogen (secondary N) is 1. The van der Waals surface area contributed by atoms with Crippen LogP contribution in [0.4, 0.5) is 5.69 Å². The molecule has 1 saturated carbocycles. The average Bonchev–Trinajstić information content (AvgIpc) is 2.99. The minimum Gasteiger partial charge on any atom is -0.495 e.